The van der Waals surface area contributed by atoms with Crippen LogP contribution in [0.1, 0.15) is 12.6 Å². The fraction of sp³-hybridized carbons (Fsp3) is 0.500. The van der Waals surface area contributed by atoms with E-state index in [-0.39, 0.29) is 0 Å². The predicted octanol–water partition coefficient (Wildman–Crippen LogP) is 0.565. The van der Waals surface area contributed by atoms with Crippen LogP contribution < -0.4 is 11.1 Å². The van der Waals surface area contributed by atoms with Crippen molar-refractivity contribution >= 4 is 6.01 Å². The Bertz CT molecular complexity index is 197. The van der Waals surface area contributed by atoms with E-state index in [1.807, 2.05) is 6.92 Å². The van der Waals surface area contributed by atoms with E-state index >= 15 is 0 Å². The van der Waals surface area contributed by atoms with Gasteiger partial charge >= 0.3 is 0 Å². The summed E-state index contributed by atoms with van der Waals surface area (Å²) >= 11 is 0. The average Bonchev–Trinajstić information content (AvgIpc) is 2.37. The number of rotatable bonds is 3. The lowest BCUT2D eigenvalue weighted by Crippen LogP contribution is -1.99. The van der Waals surface area contributed by atoms with E-state index in [0.717, 1.165) is 12.2 Å². The number of aromatic nitrogens is 1. The number of hydrogen-bond donors (Lipinski definition) is 2. The van der Waals surface area contributed by atoms with Gasteiger partial charge in [-0.25, -0.2) is 0 Å². The first kappa shape index (κ1) is 7.08. The molecular formula is C6H11N3O. The van der Waals surface area contributed by atoms with Crippen LogP contribution in [-0.4, -0.2) is 11.5 Å². The summed E-state index contributed by atoms with van der Waals surface area (Å²) < 4.78 is 4.99. The minimum absolute atomic E-state index is 0.425. The molecule has 0 saturated carbocycles. The van der Waals surface area contributed by atoms with Gasteiger partial charge in [0.1, 0.15) is 6.26 Å². The van der Waals surface area contributed by atoms with E-state index in [1.54, 1.807) is 6.26 Å². The highest BCUT2D eigenvalue weighted by Gasteiger charge is 1.98. The third-order valence-electron chi connectivity index (χ3n) is 1.09. The highest BCUT2D eigenvalue weighted by molar-refractivity contribution is 5.20. The smallest absolute Gasteiger partial charge is 0.294 e. The highest BCUT2D eigenvalue weighted by atomic mass is 16.4. The summed E-state index contributed by atoms with van der Waals surface area (Å²) in [4.78, 5) is 4.02. The molecular weight excluding hydrogens is 130 g/mol. The predicted molar refractivity (Wildman–Crippen MR) is 38.6 cm³/mol. The van der Waals surface area contributed by atoms with Crippen molar-refractivity contribution in [2.75, 3.05) is 11.9 Å². The minimum Gasteiger partial charge on any atom is -0.432 e. The highest BCUT2D eigenvalue weighted by Crippen LogP contribution is 2.05. The van der Waals surface area contributed by atoms with Crippen molar-refractivity contribution in [3.8, 4) is 0 Å². The maximum absolute atomic E-state index is 5.31. The van der Waals surface area contributed by atoms with Crippen LogP contribution in [0.25, 0.3) is 0 Å². The fourth-order valence-electron chi connectivity index (χ4n) is 0.633. The molecule has 0 aromatic carbocycles. The van der Waals surface area contributed by atoms with E-state index in [1.165, 1.54) is 0 Å². The van der Waals surface area contributed by atoms with Crippen molar-refractivity contribution in [1.29, 1.82) is 0 Å². The second-order valence-electron chi connectivity index (χ2n) is 1.88. The Kier molecular flexibility index (Phi) is 2.28. The lowest BCUT2D eigenvalue weighted by atomic mass is 10.5. The molecule has 0 bridgehead atoms. The fourth-order valence-corrected chi connectivity index (χ4v) is 0.633. The summed E-state index contributed by atoms with van der Waals surface area (Å²) in [6, 6.07) is 0.544. The number of nitrogens with zero attached hydrogens (tertiary/aromatic N) is 1. The van der Waals surface area contributed by atoms with Crippen molar-refractivity contribution in [1.82, 2.24) is 4.98 Å². The summed E-state index contributed by atoms with van der Waals surface area (Å²) in [7, 11) is 0. The van der Waals surface area contributed by atoms with Crippen LogP contribution in [0, 0.1) is 0 Å². The van der Waals surface area contributed by atoms with Gasteiger partial charge in [-0.1, -0.05) is 0 Å². The van der Waals surface area contributed by atoms with Gasteiger partial charge in [0.2, 0.25) is 0 Å². The molecule has 1 aromatic rings. The largest absolute Gasteiger partial charge is 0.432 e. The topological polar surface area (TPSA) is 64.1 Å². The van der Waals surface area contributed by atoms with Crippen molar-refractivity contribution < 1.29 is 4.42 Å². The average molecular weight is 141 g/mol. The van der Waals surface area contributed by atoms with Crippen LogP contribution in [0.4, 0.5) is 6.01 Å². The molecule has 4 heteroatoms. The lowest BCUT2D eigenvalue weighted by Gasteiger charge is -1.91. The zero-order valence-corrected chi connectivity index (χ0v) is 5.92. The van der Waals surface area contributed by atoms with Gasteiger partial charge in [-0.15, -0.1) is 0 Å². The van der Waals surface area contributed by atoms with Crippen LogP contribution >= 0.6 is 0 Å². The van der Waals surface area contributed by atoms with Crippen LogP contribution in [0.3, 0.4) is 0 Å². The van der Waals surface area contributed by atoms with Gasteiger partial charge < -0.3 is 15.5 Å². The van der Waals surface area contributed by atoms with Crippen molar-refractivity contribution in [3.63, 3.8) is 0 Å². The summed E-state index contributed by atoms with van der Waals surface area (Å²) in [6.07, 6.45) is 1.55. The monoisotopic (exact) mass is 141 g/mol. The maximum atomic E-state index is 5.31. The molecule has 0 saturated heterocycles. The van der Waals surface area contributed by atoms with Gasteiger partial charge in [0.05, 0.1) is 5.69 Å². The maximum Gasteiger partial charge on any atom is 0.294 e. The molecule has 0 amide bonds. The minimum atomic E-state index is 0.425. The van der Waals surface area contributed by atoms with Crippen molar-refractivity contribution in [2.24, 2.45) is 5.73 Å². The van der Waals surface area contributed by atoms with Gasteiger partial charge in [-0.3, -0.25) is 0 Å². The quantitative estimate of drug-likeness (QED) is 0.645. The molecule has 0 unspecified atom stereocenters. The molecule has 0 aliphatic rings. The van der Waals surface area contributed by atoms with E-state index in [9.17, 15) is 0 Å². The molecule has 1 rings (SSSR count). The summed E-state index contributed by atoms with van der Waals surface area (Å²) in [5, 5.41) is 2.93. The van der Waals surface area contributed by atoms with Crippen LogP contribution in [0.5, 0.6) is 0 Å². The van der Waals surface area contributed by atoms with Crippen molar-refractivity contribution in [3.05, 3.63) is 12.0 Å². The third kappa shape index (κ3) is 1.48. The zero-order valence-electron chi connectivity index (χ0n) is 5.92. The third-order valence-corrected chi connectivity index (χ3v) is 1.09. The Morgan fingerprint density at radius 2 is 2.60 bits per heavy atom. The second kappa shape index (κ2) is 3.22. The molecule has 3 N–H and O–H groups in total. The number of oxazole rings is 1. The van der Waals surface area contributed by atoms with Gasteiger partial charge in [-0.2, -0.15) is 4.98 Å². The number of nitrogens with one attached hydrogen (secondary N) is 1. The van der Waals surface area contributed by atoms with Crippen LogP contribution in [-0.2, 0) is 6.54 Å². The summed E-state index contributed by atoms with van der Waals surface area (Å²) in [5.41, 5.74) is 6.08. The molecule has 10 heavy (non-hydrogen) atoms. The molecule has 0 atom stereocenters. The van der Waals surface area contributed by atoms with Crippen LogP contribution in [0.2, 0.25) is 0 Å². The molecule has 1 aromatic heterocycles. The Morgan fingerprint density at radius 1 is 1.80 bits per heavy atom. The Morgan fingerprint density at radius 3 is 3.10 bits per heavy atom. The zero-order chi connectivity index (χ0) is 7.40. The van der Waals surface area contributed by atoms with Crippen LogP contribution in [0.15, 0.2) is 10.7 Å². The molecule has 1 heterocycles. The number of hydrogen-bond acceptors (Lipinski definition) is 4. The first-order chi connectivity index (χ1) is 4.86. The second-order valence-corrected chi connectivity index (χ2v) is 1.88. The summed E-state index contributed by atoms with van der Waals surface area (Å²) in [6.45, 7) is 3.21. The summed E-state index contributed by atoms with van der Waals surface area (Å²) in [5.74, 6) is 0. The molecule has 56 valence electrons. The lowest BCUT2D eigenvalue weighted by molar-refractivity contribution is 0.570. The molecule has 0 aliphatic heterocycles. The standard InChI is InChI=1S/C6H11N3O/c1-2-8-6-9-5(3-7)4-10-6/h4H,2-3,7H2,1H3,(H,8,9). The molecule has 0 spiro atoms. The van der Waals surface area contributed by atoms with E-state index in [4.69, 9.17) is 10.2 Å². The first-order valence-electron chi connectivity index (χ1n) is 3.25. The number of nitrogens with two attached hydrogens (primary N) is 1. The molecule has 4 nitrogen and oxygen atoms in total. The SMILES string of the molecule is CCNc1nc(CN)co1. The molecule has 0 fully saturated rings. The van der Waals surface area contributed by atoms with Gasteiger partial charge in [-0.05, 0) is 6.92 Å². The molecule has 0 radical (unpaired) electrons. The Hall–Kier alpha value is -1.03. The normalized spacial score (nSPS) is 9.80. The van der Waals surface area contributed by atoms with Gasteiger partial charge in [0.15, 0.2) is 0 Å². The van der Waals surface area contributed by atoms with E-state index < -0.39 is 0 Å². The Balaban J connectivity index is 2.59. The van der Waals surface area contributed by atoms with Gasteiger partial charge in [0.25, 0.3) is 6.01 Å². The van der Waals surface area contributed by atoms with E-state index in [0.29, 0.717) is 12.6 Å². The van der Waals surface area contributed by atoms with Gasteiger partial charge in [0, 0.05) is 13.1 Å². The first-order valence-corrected chi connectivity index (χ1v) is 3.25. The van der Waals surface area contributed by atoms with E-state index in [2.05, 4.69) is 10.3 Å². The number of anilines is 1. The van der Waals surface area contributed by atoms with Crippen molar-refractivity contribution in [2.45, 2.75) is 13.5 Å². The Labute approximate surface area is 59.4 Å². The molecule has 0 aliphatic carbocycles.